The third kappa shape index (κ3) is 6.62. The van der Waals surface area contributed by atoms with E-state index in [0.717, 1.165) is 53.3 Å². The van der Waals surface area contributed by atoms with E-state index in [9.17, 15) is 19.2 Å². The fourth-order valence-corrected chi connectivity index (χ4v) is 8.00. The molecule has 50 heavy (non-hydrogen) atoms. The SMILES string of the molecule is CC1(N)CCN(c2cnc(Sc3cccc(N4CCN(Cc5cc6c(cc5F)C(=O)N(C5CCC(=O)NC5=O)C6=O)CC4)c3Cl)c(N)n2)CC1. The number of carbonyl (C=O) groups is 4. The van der Waals surface area contributed by atoms with Crippen LogP contribution in [-0.2, 0) is 16.1 Å². The number of benzene rings is 2. The third-order valence-corrected chi connectivity index (χ3v) is 11.4. The van der Waals surface area contributed by atoms with Crippen LogP contribution in [0.25, 0.3) is 0 Å². The number of piperazine rings is 1. The molecular weight excluding hydrogens is 685 g/mol. The molecule has 5 N–H and O–H groups in total. The number of carbonyl (C=O) groups excluding carboxylic acids is 4. The van der Waals surface area contributed by atoms with E-state index in [4.69, 9.17) is 23.1 Å². The van der Waals surface area contributed by atoms with Gasteiger partial charge in [0.25, 0.3) is 11.8 Å². The van der Waals surface area contributed by atoms with Gasteiger partial charge in [0.2, 0.25) is 11.8 Å². The number of hydrogen-bond acceptors (Lipinski definition) is 12. The lowest BCUT2D eigenvalue weighted by atomic mass is 9.91. The predicted molar refractivity (Wildman–Crippen MR) is 187 cm³/mol. The normalized spacial score (nSPS) is 21.1. The third-order valence-electron chi connectivity index (χ3n) is 9.84. The maximum absolute atomic E-state index is 15.3. The lowest BCUT2D eigenvalue weighted by Crippen LogP contribution is -2.54. The number of fused-ring (bicyclic) bond motifs is 1. The highest BCUT2D eigenvalue weighted by Gasteiger charge is 2.45. The van der Waals surface area contributed by atoms with E-state index in [1.165, 1.54) is 17.8 Å². The average Bonchev–Trinajstić information content (AvgIpc) is 3.31. The van der Waals surface area contributed by atoms with Gasteiger partial charge in [-0.05, 0) is 50.5 Å². The van der Waals surface area contributed by atoms with E-state index < -0.39 is 35.5 Å². The number of aromatic nitrogens is 2. The van der Waals surface area contributed by atoms with Crippen molar-refractivity contribution in [2.45, 2.75) is 60.7 Å². The van der Waals surface area contributed by atoms with Crippen molar-refractivity contribution in [2.24, 2.45) is 5.73 Å². The molecule has 1 atom stereocenters. The minimum absolute atomic E-state index is 0.00966. The van der Waals surface area contributed by atoms with Crippen LogP contribution in [0, 0.1) is 5.82 Å². The van der Waals surface area contributed by atoms with Crippen LogP contribution in [0.2, 0.25) is 5.02 Å². The molecule has 0 aliphatic carbocycles. The number of nitrogens with two attached hydrogens (primary N) is 2. The lowest BCUT2D eigenvalue weighted by molar-refractivity contribution is -0.136. The fraction of sp³-hybridized carbons (Fsp3) is 0.412. The van der Waals surface area contributed by atoms with E-state index in [2.05, 4.69) is 36.9 Å². The molecule has 0 bridgehead atoms. The molecule has 0 saturated carbocycles. The zero-order valence-electron chi connectivity index (χ0n) is 27.5. The fourth-order valence-electron chi connectivity index (χ4n) is 6.83. The van der Waals surface area contributed by atoms with Gasteiger partial charge in [0.05, 0.1) is 28.0 Å². The van der Waals surface area contributed by atoms with Crippen LogP contribution in [0.3, 0.4) is 0 Å². The minimum atomic E-state index is -1.11. The summed E-state index contributed by atoms with van der Waals surface area (Å²) in [5.74, 6) is -2.11. The highest BCUT2D eigenvalue weighted by Crippen LogP contribution is 2.40. The topological polar surface area (TPSA) is 171 Å². The van der Waals surface area contributed by atoms with Crippen LogP contribution in [0.1, 0.15) is 58.9 Å². The Kier molecular flexibility index (Phi) is 9.18. The van der Waals surface area contributed by atoms with Gasteiger partial charge in [-0.15, -0.1) is 0 Å². The monoisotopic (exact) mass is 721 g/mol. The molecule has 0 spiro atoms. The number of piperidine rings is 2. The number of nitrogens with zero attached hydrogens (tertiary/aromatic N) is 6. The largest absolute Gasteiger partial charge is 0.381 e. The predicted octanol–water partition coefficient (Wildman–Crippen LogP) is 3.04. The number of halogens is 2. The Morgan fingerprint density at radius 3 is 2.40 bits per heavy atom. The van der Waals surface area contributed by atoms with Crippen molar-refractivity contribution in [2.75, 3.05) is 54.8 Å². The van der Waals surface area contributed by atoms with Crippen LogP contribution in [0.15, 0.2) is 46.5 Å². The summed E-state index contributed by atoms with van der Waals surface area (Å²) in [4.78, 5) is 67.5. The molecule has 7 rings (SSSR count). The Hall–Kier alpha value is -4.31. The molecule has 1 aromatic heterocycles. The standard InChI is InChI=1S/C34H37ClFN9O4S/c1-34(38)7-9-44(10-8-34)26-17-39-31(29(37)40-26)50-25-4-2-3-23(28(25)35)43-13-11-42(12-14-43)18-19-15-20-21(16-22(19)36)33(49)45(32(20)48)24-5-6-27(46)41-30(24)47/h2-4,15-17,24H,5-14,18,38H2,1H3,(H2,37,40)(H,41,46,47). The van der Waals surface area contributed by atoms with Crippen molar-refractivity contribution in [3.05, 3.63) is 64.1 Å². The van der Waals surface area contributed by atoms with E-state index in [1.54, 1.807) is 6.20 Å². The number of hydrogen-bond donors (Lipinski definition) is 3. The van der Waals surface area contributed by atoms with Crippen molar-refractivity contribution < 1.29 is 23.6 Å². The van der Waals surface area contributed by atoms with Crippen molar-refractivity contribution in [1.82, 2.24) is 25.1 Å². The zero-order valence-corrected chi connectivity index (χ0v) is 29.0. The van der Waals surface area contributed by atoms with E-state index in [-0.39, 0.29) is 41.6 Å². The first-order chi connectivity index (χ1) is 23.9. The van der Waals surface area contributed by atoms with Gasteiger partial charge in [-0.1, -0.05) is 29.4 Å². The van der Waals surface area contributed by atoms with Gasteiger partial charge in [-0.25, -0.2) is 14.4 Å². The molecular formula is C34H37ClFN9O4S. The Bertz CT molecular complexity index is 1890. The number of imide groups is 2. The molecule has 262 valence electrons. The van der Waals surface area contributed by atoms with Gasteiger partial charge in [0.1, 0.15) is 22.7 Å². The second-order valence-corrected chi connectivity index (χ2v) is 14.9. The average molecular weight is 722 g/mol. The second kappa shape index (κ2) is 13.4. The smallest absolute Gasteiger partial charge is 0.262 e. The van der Waals surface area contributed by atoms with Gasteiger partial charge in [-0.2, -0.15) is 0 Å². The first-order valence-corrected chi connectivity index (χ1v) is 17.7. The van der Waals surface area contributed by atoms with Crippen molar-refractivity contribution >= 4 is 64.3 Å². The van der Waals surface area contributed by atoms with Crippen LogP contribution in [0.4, 0.5) is 21.7 Å². The first-order valence-electron chi connectivity index (χ1n) is 16.5. The Balaban J connectivity index is 0.984. The molecule has 5 heterocycles. The van der Waals surface area contributed by atoms with Crippen molar-refractivity contribution in [3.8, 4) is 0 Å². The summed E-state index contributed by atoms with van der Waals surface area (Å²) in [6.45, 7) is 6.32. The molecule has 1 unspecified atom stereocenters. The number of anilines is 3. The summed E-state index contributed by atoms with van der Waals surface area (Å²) < 4.78 is 15.3. The van der Waals surface area contributed by atoms with Crippen molar-refractivity contribution in [3.63, 3.8) is 0 Å². The van der Waals surface area contributed by atoms with Gasteiger partial charge < -0.3 is 21.3 Å². The molecule has 4 aliphatic heterocycles. The zero-order chi connectivity index (χ0) is 35.3. The van der Waals surface area contributed by atoms with Gasteiger partial charge in [-0.3, -0.25) is 34.3 Å². The summed E-state index contributed by atoms with van der Waals surface area (Å²) in [6, 6.07) is 7.18. The lowest BCUT2D eigenvalue weighted by Gasteiger charge is -2.37. The van der Waals surface area contributed by atoms with Crippen molar-refractivity contribution in [1.29, 1.82) is 0 Å². The summed E-state index contributed by atoms with van der Waals surface area (Å²) in [7, 11) is 0. The van der Waals surface area contributed by atoms with Gasteiger partial charge >= 0.3 is 0 Å². The first kappa shape index (κ1) is 34.2. The number of nitrogen functional groups attached to an aromatic ring is 1. The Morgan fingerprint density at radius 1 is 1.02 bits per heavy atom. The van der Waals surface area contributed by atoms with E-state index in [1.807, 2.05) is 18.2 Å². The number of amides is 4. The summed E-state index contributed by atoms with van der Waals surface area (Å²) in [6.07, 6.45) is 3.51. The maximum atomic E-state index is 15.3. The summed E-state index contributed by atoms with van der Waals surface area (Å²) >= 11 is 8.29. The highest BCUT2D eigenvalue weighted by molar-refractivity contribution is 7.99. The van der Waals surface area contributed by atoms with E-state index >= 15 is 4.39 Å². The van der Waals surface area contributed by atoms with Crippen LogP contribution in [0.5, 0.6) is 0 Å². The molecule has 4 aliphatic rings. The molecule has 13 nitrogen and oxygen atoms in total. The summed E-state index contributed by atoms with van der Waals surface area (Å²) in [5.41, 5.74) is 13.6. The Labute approximate surface area is 297 Å². The molecule has 16 heteroatoms. The number of rotatable bonds is 7. The molecule has 4 amide bonds. The molecule has 3 aromatic rings. The van der Waals surface area contributed by atoms with E-state index in [0.29, 0.717) is 42.0 Å². The quantitative estimate of drug-likeness (QED) is 0.305. The minimum Gasteiger partial charge on any atom is -0.381 e. The van der Waals surface area contributed by atoms with Crippen LogP contribution < -0.4 is 26.6 Å². The second-order valence-electron chi connectivity index (χ2n) is 13.5. The molecule has 3 saturated heterocycles. The highest BCUT2D eigenvalue weighted by atomic mass is 35.5. The Morgan fingerprint density at radius 2 is 1.72 bits per heavy atom. The number of nitrogens with one attached hydrogen (secondary N) is 1. The maximum Gasteiger partial charge on any atom is 0.262 e. The molecule has 0 radical (unpaired) electrons. The summed E-state index contributed by atoms with van der Waals surface area (Å²) in [5, 5.41) is 3.30. The molecule has 2 aromatic carbocycles. The molecule has 3 fully saturated rings. The van der Waals surface area contributed by atoms with Crippen LogP contribution >= 0.6 is 23.4 Å². The van der Waals surface area contributed by atoms with Crippen LogP contribution in [-0.4, -0.2) is 94.2 Å². The van der Waals surface area contributed by atoms with Gasteiger partial charge in [0.15, 0.2) is 5.82 Å². The van der Waals surface area contributed by atoms with Gasteiger partial charge in [0, 0.05) is 68.2 Å².